The smallest absolute Gasteiger partial charge is 0.276 e. The zero-order valence-electron chi connectivity index (χ0n) is 10.6. The minimum absolute atomic E-state index is 0.00856. The number of hydrogen-bond acceptors (Lipinski definition) is 4. The lowest BCUT2D eigenvalue weighted by Gasteiger charge is -2.19. The molecule has 0 aliphatic heterocycles. The highest BCUT2D eigenvalue weighted by Crippen LogP contribution is 2.34. The number of nitro groups is 1. The molecule has 1 aromatic carbocycles. The third kappa shape index (κ3) is 2.76. The Bertz CT molecular complexity index is 451. The van der Waals surface area contributed by atoms with Crippen LogP contribution in [-0.4, -0.2) is 18.1 Å². The number of nitrogens with zero attached hydrogens (tertiary/aromatic N) is 1. The summed E-state index contributed by atoms with van der Waals surface area (Å²) in [6.07, 6.45) is 0.679. The Morgan fingerprint density at radius 2 is 2.17 bits per heavy atom. The molecular weight excluding hydrogens is 239 g/mol. The van der Waals surface area contributed by atoms with Gasteiger partial charge in [0.05, 0.1) is 18.1 Å². The predicted molar refractivity (Wildman–Crippen MR) is 66.3 cm³/mol. The van der Waals surface area contributed by atoms with E-state index in [1.165, 1.54) is 13.2 Å². The van der Waals surface area contributed by atoms with Crippen LogP contribution in [0, 0.1) is 15.9 Å². The Balaban J connectivity index is 3.34. The number of ether oxygens (including phenoxy) is 1. The van der Waals surface area contributed by atoms with Gasteiger partial charge in [0.2, 0.25) is 0 Å². The van der Waals surface area contributed by atoms with Crippen LogP contribution in [0.5, 0.6) is 5.75 Å². The monoisotopic (exact) mass is 256 g/mol. The quantitative estimate of drug-likeness (QED) is 0.648. The van der Waals surface area contributed by atoms with E-state index >= 15 is 0 Å². The van der Waals surface area contributed by atoms with E-state index in [1.807, 2.05) is 6.92 Å². The van der Waals surface area contributed by atoms with Gasteiger partial charge in [-0.3, -0.25) is 10.1 Å². The highest BCUT2D eigenvalue weighted by molar-refractivity contribution is 5.48. The van der Waals surface area contributed by atoms with Crippen LogP contribution in [-0.2, 0) is 0 Å². The van der Waals surface area contributed by atoms with Crippen molar-refractivity contribution in [1.29, 1.82) is 0 Å². The van der Waals surface area contributed by atoms with Crippen LogP contribution in [0.4, 0.5) is 10.1 Å². The first-order valence-electron chi connectivity index (χ1n) is 5.69. The summed E-state index contributed by atoms with van der Waals surface area (Å²) in [5.41, 5.74) is 6.03. The summed E-state index contributed by atoms with van der Waals surface area (Å²) in [4.78, 5) is 10.3. The van der Waals surface area contributed by atoms with E-state index in [0.29, 0.717) is 12.0 Å². The van der Waals surface area contributed by atoms with Crippen molar-refractivity contribution in [2.75, 3.05) is 7.11 Å². The SMILES string of the molecule is CCC(N)C(C)c1cc(OC)c(F)cc1[N+](=O)[O-]. The normalized spacial score (nSPS) is 14.1. The molecule has 0 fully saturated rings. The fourth-order valence-corrected chi connectivity index (χ4v) is 1.82. The molecule has 0 aliphatic rings. The van der Waals surface area contributed by atoms with Crippen molar-refractivity contribution < 1.29 is 14.1 Å². The van der Waals surface area contributed by atoms with E-state index in [9.17, 15) is 14.5 Å². The molecule has 5 nitrogen and oxygen atoms in total. The van der Waals surface area contributed by atoms with Gasteiger partial charge in [0.25, 0.3) is 5.69 Å². The van der Waals surface area contributed by atoms with Crippen LogP contribution in [0.15, 0.2) is 12.1 Å². The van der Waals surface area contributed by atoms with Gasteiger partial charge in [-0.05, 0) is 12.5 Å². The average Bonchev–Trinajstić information content (AvgIpc) is 2.36. The molecule has 2 atom stereocenters. The molecule has 18 heavy (non-hydrogen) atoms. The van der Waals surface area contributed by atoms with Gasteiger partial charge in [0.15, 0.2) is 11.6 Å². The molecule has 0 heterocycles. The van der Waals surface area contributed by atoms with Crippen LogP contribution in [0.1, 0.15) is 31.7 Å². The molecule has 2 unspecified atom stereocenters. The van der Waals surface area contributed by atoms with Gasteiger partial charge >= 0.3 is 0 Å². The third-order valence-electron chi connectivity index (χ3n) is 3.10. The number of halogens is 1. The molecule has 0 aromatic heterocycles. The second kappa shape index (κ2) is 5.77. The van der Waals surface area contributed by atoms with Crippen molar-refractivity contribution in [2.24, 2.45) is 5.73 Å². The second-order valence-electron chi connectivity index (χ2n) is 4.16. The fourth-order valence-electron chi connectivity index (χ4n) is 1.82. The molecule has 0 aliphatic carbocycles. The van der Waals surface area contributed by atoms with Crippen LogP contribution in [0.2, 0.25) is 0 Å². The zero-order valence-corrected chi connectivity index (χ0v) is 10.6. The molecule has 1 aromatic rings. The summed E-state index contributed by atoms with van der Waals surface area (Å²) in [6.45, 7) is 3.68. The van der Waals surface area contributed by atoms with E-state index in [2.05, 4.69) is 0 Å². The highest BCUT2D eigenvalue weighted by Gasteiger charge is 2.25. The molecule has 6 heteroatoms. The van der Waals surface area contributed by atoms with Gasteiger partial charge in [-0.1, -0.05) is 13.8 Å². The summed E-state index contributed by atoms with van der Waals surface area (Å²) in [7, 11) is 1.32. The molecule has 1 rings (SSSR count). The number of nitro benzene ring substituents is 1. The van der Waals surface area contributed by atoms with E-state index in [1.54, 1.807) is 6.92 Å². The minimum atomic E-state index is -0.745. The lowest BCUT2D eigenvalue weighted by molar-refractivity contribution is -0.385. The van der Waals surface area contributed by atoms with Gasteiger partial charge in [-0.2, -0.15) is 0 Å². The van der Waals surface area contributed by atoms with Gasteiger partial charge < -0.3 is 10.5 Å². The first-order valence-corrected chi connectivity index (χ1v) is 5.69. The number of benzene rings is 1. The van der Waals surface area contributed by atoms with Gasteiger partial charge in [-0.25, -0.2) is 4.39 Å². The third-order valence-corrected chi connectivity index (χ3v) is 3.10. The summed E-state index contributed by atoms with van der Waals surface area (Å²) in [5, 5.41) is 10.9. The van der Waals surface area contributed by atoms with Crippen molar-refractivity contribution in [3.05, 3.63) is 33.6 Å². The Labute approximate surface area is 105 Å². The Morgan fingerprint density at radius 1 is 1.56 bits per heavy atom. The van der Waals surface area contributed by atoms with E-state index in [4.69, 9.17) is 10.5 Å². The second-order valence-corrected chi connectivity index (χ2v) is 4.16. The topological polar surface area (TPSA) is 78.4 Å². The number of methoxy groups -OCH3 is 1. The van der Waals surface area contributed by atoms with Crippen molar-refractivity contribution in [3.8, 4) is 5.75 Å². The first-order chi connectivity index (χ1) is 8.42. The number of rotatable bonds is 5. The molecule has 0 spiro atoms. The Kier molecular flexibility index (Phi) is 4.61. The standard InChI is InChI=1S/C12H17FN2O3/c1-4-10(14)7(2)8-5-12(18-3)9(13)6-11(8)15(16)17/h5-7,10H,4,14H2,1-3H3. The zero-order chi connectivity index (χ0) is 13.9. The molecule has 0 bridgehead atoms. The molecule has 0 amide bonds. The minimum Gasteiger partial charge on any atom is -0.494 e. The lowest BCUT2D eigenvalue weighted by atomic mass is 9.91. The Hall–Kier alpha value is -1.69. The molecule has 100 valence electrons. The molecule has 0 radical (unpaired) electrons. The summed E-state index contributed by atoms with van der Waals surface area (Å²) < 4.78 is 18.3. The fraction of sp³-hybridized carbons (Fsp3) is 0.500. The molecular formula is C12H17FN2O3. The van der Waals surface area contributed by atoms with Gasteiger partial charge in [-0.15, -0.1) is 0 Å². The highest BCUT2D eigenvalue weighted by atomic mass is 19.1. The maximum absolute atomic E-state index is 13.5. The molecule has 0 saturated carbocycles. The van der Waals surface area contributed by atoms with Crippen LogP contribution < -0.4 is 10.5 Å². The van der Waals surface area contributed by atoms with Gasteiger partial charge in [0.1, 0.15) is 0 Å². The van der Waals surface area contributed by atoms with E-state index in [0.717, 1.165) is 6.07 Å². The Morgan fingerprint density at radius 3 is 2.61 bits per heavy atom. The molecule has 0 saturated heterocycles. The van der Waals surface area contributed by atoms with Crippen LogP contribution >= 0.6 is 0 Å². The largest absolute Gasteiger partial charge is 0.494 e. The van der Waals surface area contributed by atoms with Crippen molar-refractivity contribution in [3.63, 3.8) is 0 Å². The van der Waals surface area contributed by atoms with Crippen LogP contribution in [0.3, 0.4) is 0 Å². The van der Waals surface area contributed by atoms with E-state index < -0.39 is 10.7 Å². The maximum Gasteiger partial charge on any atom is 0.276 e. The number of nitrogens with two attached hydrogens (primary N) is 1. The van der Waals surface area contributed by atoms with Gasteiger partial charge in [0, 0.05) is 17.5 Å². The molecule has 2 N–H and O–H groups in total. The van der Waals surface area contributed by atoms with Crippen LogP contribution in [0.25, 0.3) is 0 Å². The average molecular weight is 256 g/mol. The summed E-state index contributed by atoms with van der Waals surface area (Å²) >= 11 is 0. The predicted octanol–water partition coefficient (Wildman–Crippen LogP) is 2.58. The summed E-state index contributed by atoms with van der Waals surface area (Å²) in [6, 6.07) is 2.01. The lowest BCUT2D eigenvalue weighted by Crippen LogP contribution is -2.26. The van der Waals surface area contributed by atoms with E-state index in [-0.39, 0.29) is 23.4 Å². The summed E-state index contributed by atoms with van der Waals surface area (Å²) in [5.74, 6) is -0.999. The van der Waals surface area contributed by atoms with Crippen molar-refractivity contribution in [2.45, 2.75) is 32.2 Å². The van der Waals surface area contributed by atoms with Crippen molar-refractivity contribution in [1.82, 2.24) is 0 Å². The number of hydrogen-bond donors (Lipinski definition) is 1. The maximum atomic E-state index is 13.5. The van der Waals surface area contributed by atoms with Crippen molar-refractivity contribution >= 4 is 5.69 Å². The first kappa shape index (κ1) is 14.4.